The van der Waals surface area contributed by atoms with E-state index in [9.17, 15) is 4.79 Å². The zero-order chi connectivity index (χ0) is 22.6. The molecule has 1 aliphatic heterocycles. The minimum absolute atomic E-state index is 0.0130. The Morgan fingerprint density at radius 2 is 1.88 bits per heavy atom. The van der Waals surface area contributed by atoms with Crippen molar-refractivity contribution in [1.82, 2.24) is 19.9 Å². The van der Waals surface area contributed by atoms with Crippen LogP contribution in [0.25, 0.3) is 10.4 Å². The van der Waals surface area contributed by atoms with Crippen LogP contribution in [0.15, 0.2) is 48.9 Å². The lowest BCUT2D eigenvalue weighted by atomic mass is 10.1. The number of hydrogen-bond acceptors (Lipinski definition) is 8. The van der Waals surface area contributed by atoms with Gasteiger partial charge in [-0.15, -0.1) is 0 Å². The third kappa shape index (κ3) is 5.94. The van der Waals surface area contributed by atoms with Gasteiger partial charge in [-0.3, -0.25) is 0 Å². The van der Waals surface area contributed by atoms with Crippen LogP contribution >= 0.6 is 11.3 Å². The molecule has 1 aromatic carbocycles. The number of carbonyl (C=O) groups is 1. The summed E-state index contributed by atoms with van der Waals surface area (Å²) in [6.07, 6.45) is 4.47. The normalized spacial score (nSPS) is 14.8. The van der Waals surface area contributed by atoms with E-state index in [1.165, 1.54) is 6.33 Å². The van der Waals surface area contributed by atoms with Crippen molar-refractivity contribution in [3.05, 3.63) is 48.9 Å². The molecule has 0 bridgehead atoms. The molecule has 168 valence electrons. The second-order valence-electron chi connectivity index (χ2n) is 8.55. The molecule has 3 heterocycles. The van der Waals surface area contributed by atoms with Crippen molar-refractivity contribution in [1.29, 1.82) is 0 Å². The van der Waals surface area contributed by atoms with Crippen molar-refractivity contribution in [2.45, 2.75) is 45.3 Å². The Bertz CT molecular complexity index is 1040. The average molecular weight is 454 g/mol. The highest BCUT2D eigenvalue weighted by Crippen LogP contribution is 2.30. The van der Waals surface area contributed by atoms with Crippen molar-refractivity contribution in [2.24, 2.45) is 0 Å². The monoisotopic (exact) mass is 453 g/mol. The van der Waals surface area contributed by atoms with Crippen LogP contribution in [-0.4, -0.2) is 50.7 Å². The third-order valence-corrected chi connectivity index (χ3v) is 5.78. The van der Waals surface area contributed by atoms with E-state index in [4.69, 9.17) is 9.47 Å². The molecule has 0 saturated carbocycles. The van der Waals surface area contributed by atoms with Crippen molar-refractivity contribution in [2.75, 3.05) is 18.4 Å². The molecule has 1 aliphatic rings. The summed E-state index contributed by atoms with van der Waals surface area (Å²) in [5.74, 6) is 1.12. The number of likely N-dealkylation sites (tertiary alicyclic amines) is 1. The summed E-state index contributed by atoms with van der Waals surface area (Å²) in [5, 5.41) is 3.97. The van der Waals surface area contributed by atoms with Gasteiger partial charge in [-0.2, -0.15) is 0 Å². The molecule has 9 heteroatoms. The molecular formula is C23H27N5O3S. The predicted molar refractivity (Wildman–Crippen MR) is 124 cm³/mol. The Balaban J connectivity index is 1.31. The average Bonchev–Trinajstić information content (AvgIpc) is 3.22. The van der Waals surface area contributed by atoms with Crippen LogP contribution in [0.5, 0.6) is 5.88 Å². The van der Waals surface area contributed by atoms with Crippen molar-refractivity contribution >= 4 is 28.4 Å². The molecule has 1 N–H and O–H groups in total. The van der Waals surface area contributed by atoms with E-state index in [1.807, 2.05) is 45.2 Å². The summed E-state index contributed by atoms with van der Waals surface area (Å²) in [5.41, 5.74) is 0.635. The molecule has 0 unspecified atom stereocenters. The second kappa shape index (κ2) is 9.52. The number of benzene rings is 1. The first kappa shape index (κ1) is 22.0. The summed E-state index contributed by atoms with van der Waals surface area (Å²) in [6.45, 7) is 6.80. The molecule has 1 fully saturated rings. The van der Waals surface area contributed by atoms with Crippen molar-refractivity contribution in [3.63, 3.8) is 0 Å². The second-order valence-corrected chi connectivity index (χ2v) is 9.58. The Morgan fingerprint density at radius 3 is 2.59 bits per heavy atom. The molecule has 1 amide bonds. The fourth-order valence-electron chi connectivity index (χ4n) is 3.30. The van der Waals surface area contributed by atoms with Crippen LogP contribution in [-0.2, 0) is 4.74 Å². The van der Waals surface area contributed by atoms with Gasteiger partial charge < -0.3 is 19.7 Å². The minimum Gasteiger partial charge on any atom is -0.474 e. The quantitative estimate of drug-likeness (QED) is 0.573. The number of piperidine rings is 1. The predicted octanol–water partition coefficient (Wildman–Crippen LogP) is 5.12. The summed E-state index contributed by atoms with van der Waals surface area (Å²) in [4.78, 5) is 28.0. The van der Waals surface area contributed by atoms with Gasteiger partial charge in [0.25, 0.3) is 0 Å². The van der Waals surface area contributed by atoms with Crippen LogP contribution in [0, 0.1) is 0 Å². The molecule has 4 rings (SSSR count). The maximum absolute atomic E-state index is 12.2. The van der Waals surface area contributed by atoms with Gasteiger partial charge in [0.05, 0.1) is 4.88 Å². The van der Waals surface area contributed by atoms with Gasteiger partial charge >= 0.3 is 6.09 Å². The van der Waals surface area contributed by atoms with Crippen LogP contribution in [0.4, 0.5) is 15.7 Å². The van der Waals surface area contributed by atoms with Gasteiger partial charge in [0.1, 0.15) is 23.9 Å². The van der Waals surface area contributed by atoms with Gasteiger partial charge in [0.2, 0.25) is 5.88 Å². The van der Waals surface area contributed by atoms with E-state index in [-0.39, 0.29) is 12.2 Å². The number of nitrogens with one attached hydrogen (secondary N) is 1. The number of amides is 1. The summed E-state index contributed by atoms with van der Waals surface area (Å²) in [7, 11) is 0. The molecule has 1 saturated heterocycles. The fourth-order valence-corrected chi connectivity index (χ4v) is 4.13. The lowest BCUT2D eigenvalue weighted by molar-refractivity contribution is 0.0123. The SMILES string of the molecule is CC(C)(C)OC(=O)N1CCC(Oc2cc(Nc3ncc(-c4ccccc4)s3)ncn2)CC1. The first-order chi connectivity index (χ1) is 15.4. The molecule has 2 aromatic heterocycles. The van der Waals surface area contributed by atoms with Crippen LogP contribution < -0.4 is 10.1 Å². The largest absolute Gasteiger partial charge is 0.474 e. The van der Waals surface area contributed by atoms with Crippen molar-refractivity contribution in [3.8, 4) is 16.3 Å². The maximum Gasteiger partial charge on any atom is 0.410 e. The number of hydrogen-bond donors (Lipinski definition) is 1. The van der Waals surface area contributed by atoms with E-state index >= 15 is 0 Å². The number of rotatable bonds is 5. The Morgan fingerprint density at radius 1 is 1.12 bits per heavy atom. The van der Waals surface area contributed by atoms with Gasteiger partial charge in [0, 0.05) is 38.2 Å². The number of anilines is 2. The molecular weight excluding hydrogens is 426 g/mol. The molecule has 0 radical (unpaired) electrons. The summed E-state index contributed by atoms with van der Waals surface area (Å²) >= 11 is 1.56. The minimum atomic E-state index is -0.492. The first-order valence-corrected chi connectivity index (χ1v) is 11.4. The standard InChI is InChI=1S/C23H27N5O3S/c1-23(2,3)31-22(29)28-11-9-17(10-12-28)30-20-13-19(25-15-26-20)27-21-24-14-18(32-21)16-7-5-4-6-8-16/h4-8,13-15,17H,9-12H2,1-3H3,(H,24,25,26,27). The molecule has 8 nitrogen and oxygen atoms in total. The summed E-state index contributed by atoms with van der Waals surface area (Å²) in [6, 6.07) is 11.9. The number of carbonyl (C=O) groups excluding carboxylic acids is 1. The molecule has 0 aliphatic carbocycles. The number of aromatic nitrogens is 3. The highest BCUT2D eigenvalue weighted by Gasteiger charge is 2.27. The molecule has 0 spiro atoms. The Labute approximate surface area is 191 Å². The van der Waals surface area contributed by atoms with Gasteiger partial charge in [0.15, 0.2) is 5.13 Å². The lowest BCUT2D eigenvalue weighted by Gasteiger charge is -2.33. The van der Waals surface area contributed by atoms with Crippen LogP contribution in [0.3, 0.4) is 0 Å². The highest BCUT2D eigenvalue weighted by atomic mass is 32.1. The van der Waals surface area contributed by atoms with E-state index in [0.29, 0.717) is 24.8 Å². The van der Waals surface area contributed by atoms with Gasteiger partial charge in [-0.1, -0.05) is 41.7 Å². The van der Waals surface area contributed by atoms with Gasteiger partial charge in [-0.25, -0.2) is 19.7 Å². The fraction of sp³-hybridized carbons (Fsp3) is 0.391. The highest BCUT2D eigenvalue weighted by molar-refractivity contribution is 7.18. The van der Waals surface area contributed by atoms with E-state index in [1.54, 1.807) is 22.3 Å². The Hall–Kier alpha value is -3.20. The molecule has 0 atom stereocenters. The van der Waals surface area contributed by atoms with Crippen molar-refractivity contribution < 1.29 is 14.3 Å². The third-order valence-electron chi connectivity index (χ3n) is 4.82. The molecule has 32 heavy (non-hydrogen) atoms. The number of thiazole rings is 1. The van der Waals surface area contributed by atoms with Crippen LogP contribution in [0.2, 0.25) is 0 Å². The molecule has 3 aromatic rings. The number of nitrogens with zero attached hydrogens (tertiary/aromatic N) is 4. The number of ether oxygens (including phenoxy) is 2. The smallest absolute Gasteiger partial charge is 0.410 e. The van der Waals surface area contributed by atoms with E-state index in [0.717, 1.165) is 28.4 Å². The zero-order valence-corrected chi connectivity index (χ0v) is 19.3. The van der Waals surface area contributed by atoms with Gasteiger partial charge in [-0.05, 0) is 26.3 Å². The van der Waals surface area contributed by atoms with Crippen LogP contribution in [0.1, 0.15) is 33.6 Å². The first-order valence-electron chi connectivity index (χ1n) is 10.6. The topological polar surface area (TPSA) is 89.5 Å². The lowest BCUT2D eigenvalue weighted by Crippen LogP contribution is -2.44. The van der Waals surface area contributed by atoms with E-state index in [2.05, 4.69) is 32.4 Å². The van der Waals surface area contributed by atoms with E-state index < -0.39 is 5.60 Å². The Kier molecular flexibility index (Phi) is 6.55. The maximum atomic E-state index is 12.2. The zero-order valence-electron chi connectivity index (χ0n) is 18.4. The summed E-state index contributed by atoms with van der Waals surface area (Å²) < 4.78 is 11.5.